The summed E-state index contributed by atoms with van der Waals surface area (Å²) in [5.74, 6) is -0.422. The van der Waals surface area contributed by atoms with Crippen molar-refractivity contribution >= 4 is 5.91 Å². The maximum Gasteiger partial charge on any atom is 0.401 e. The lowest BCUT2D eigenvalue weighted by molar-refractivity contribution is -0.128. The van der Waals surface area contributed by atoms with Crippen molar-refractivity contribution in [2.24, 2.45) is 5.41 Å². The summed E-state index contributed by atoms with van der Waals surface area (Å²) in [6, 6.07) is 0. The van der Waals surface area contributed by atoms with Crippen LogP contribution in [0.4, 0.5) is 13.2 Å². The molecule has 2 N–H and O–H groups in total. The van der Waals surface area contributed by atoms with Gasteiger partial charge in [0.25, 0.3) is 0 Å². The quantitative estimate of drug-likeness (QED) is 0.758. The van der Waals surface area contributed by atoms with E-state index in [-0.39, 0.29) is 12.0 Å². The highest BCUT2D eigenvalue weighted by atomic mass is 19.4. The second kappa shape index (κ2) is 5.34. The van der Waals surface area contributed by atoms with Crippen molar-refractivity contribution in [2.75, 3.05) is 19.6 Å². The topological polar surface area (TPSA) is 41.1 Å². The second-order valence-corrected chi connectivity index (χ2v) is 4.56. The van der Waals surface area contributed by atoms with Crippen molar-refractivity contribution in [1.82, 2.24) is 10.6 Å². The van der Waals surface area contributed by atoms with Crippen LogP contribution < -0.4 is 10.6 Å². The van der Waals surface area contributed by atoms with Gasteiger partial charge in [-0.1, -0.05) is 20.8 Å². The Hall–Kier alpha value is -0.780. The summed E-state index contributed by atoms with van der Waals surface area (Å²) in [5.41, 5.74) is -0.0698. The Bertz CT molecular complexity index is 208. The average Bonchev–Trinajstić information content (AvgIpc) is 1.97. The number of rotatable bonds is 4. The van der Waals surface area contributed by atoms with E-state index in [4.69, 9.17) is 0 Å². The van der Waals surface area contributed by atoms with E-state index >= 15 is 0 Å². The summed E-state index contributed by atoms with van der Waals surface area (Å²) in [6.45, 7) is 4.77. The van der Waals surface area contributed by atoms with Gasteiger partial charge >= 0.3 is 6.18 Å². The number of nitrogens with one attached hydrogen (secondary N) is 2. The lowest BCUT2D eigenvalue weighted by atomic mass is 9.97. The van der Waals surface area contributed by atoms with E-state index in [1.165, 1.54) is 0 Å². The number of amides is 1. The Morgan fingerprint density at radius 3 is 2.07 bits per heavy atom. The molecule has 0 radical (unpaired) electrons. The SMILES string of the molecule is CC(C)(C)CNC(=O)CNCC(F)(F)F. The summed E-state index contributed by atoms with van der Waals surface area (Å²) in [6.07, 6.45) is -4.27. The molecule has 0 aliphatic rings. The van der Waals surface area contributed by atoms with E-state index in [0.717, 1.165) is 0 Å². The zero-order valence-electron chi connectivity index (χ0n) is 9.16. The predicted octanol–water partition coefficient (Wildman–Crippen LogP) is 1.30. The molecular formula is C9H17F3N2O. The second-order valence-electron chi connectivity index (χ2n) is 4.56. The molecule has 0 rings (SSSR count). The Balaban J connectivity index is 3.60. The highest BCUT2D eigenvalue weighted by Crippen LogP contribution is 2.12. The van der Waals surface area contributed by atoms with Crippen LogP contribution in [0.25, 0.3) is 0 Å². The van der Waals surface area contributed by atoms with E-state index in [0.29, 0.717) is 6.54 Å². The van der Waals surface area contributed by atoms with Gasteiger partial charge < -0.3 is 10.6 Å². The third-order valence-electron chi connectivity index (χ3n) is 1.43. The molecule has 0 fully saturated rings. The van der Waals surface area contributed by atoms with Crippen molar-refractivity contribution in [2.45, 2.75) is 26.9 Å². The van der Waals surface area contributed by atoms with Gasteiger partial charge in [0.1, 0.15) is 0 Å². The first kappa shape index (κ1) is 14.2. The molecule has 0 aromatic carbocycles. The molecule has 0 atom stereocenters. The van der Waals surface area contributed by atoms with Gasteiger partial charge in [0.15, 0.2) is 0 Å². The maximum absolute atomic E-state index is 11.7. The van der Waals surface area contributed by atoms with Crippen LogP contribution in [0.1, 0.15) is 20.8 Å². The minimum absolute atomic E-state index is 0.0698. The summed E-state index contributed by atoms with van der Waals surface area (Å²) < 4.78 is 35.1. The minimum Gasteiger partial charge on any atom is -0.354 e. The number of carbonyl (C=O) groups excluding carboxylic acids is 1. The molecule has 0 aromatic heterocycles. The predicted molar refractivity (Wildman–Crippen MR) is 51.4 cm³/mol. The smallest absolute Gasteiger partial charge is 0.354 e. The molecule has 0 aliphatic carbocycles. The Morgan fingerprint density at radius 2 is 1.67 bits per heavy atom. The van der Waals surface area contributed by atoms with Gasteiger partial charge in [0.05, 0.1) is 13.1 Å². The monoisotopic (exact) mass is 226 g/mol. The molecule has 0 heterocycles. The third-order valence-corrected chi connectivity index (χ3v) is 1.43. The van der Waals surface area contributed by atoms with Crippen LogP contribution in [0, 0.1) is 5.41 Å². The normalized spacial score (nSPS) is 12.7. The minimum atomic E-state index is -4.27. The Kier molecular flexibility index (Phi) is 5.07. The molecule has 0 saturated carbocycles. The fourth-order valence-corrected chi connectivity index (χ4v) is 0.744. The van der Waals surface area contributed by atoms with Crippen LogP contribution in [-0.2, 0) is 4.79 Å². The van der Waals surface area contributed by atoms with Crippen molar-refractivity contribution in [1.29, 1.82) is 0 Å². The van der Waals surface area contributed by atoms with Crippen LogP contribution in [0.15, 0.2) is 0 Å². The molecule has 15 heavy (non-hydrogen) atoms. The van der Waals surface area contributed by atoms with E-state index in [9.17, 15) is 18.0 Å². The molecule has 0 spiro atoms. The fraction of sp³-hybridized carbons (Fsp3) is 0.889. The molecule has 0 saturated heterocycles. The van der Waals surface area contributed by atoms with Gasteiger partial charge in [-0.05, 0) is 5.41 Å². The lowest BCUT2D eigenvalue weighted by Gasteiger charge is -2.18. The Labute approximate surface area is 87.4 Å². The van der Waals surface area contributed by atoms with Crippen LogP contribution in [0.2, 0.25) is 0 Å². The summed E-state index contributed by atoms with van der Waals surface area (Å²) in [5, 5.41) is 4.56. The molecule has 0 aliphatic heterocycles. The number of hydrogen-bond acceptors (Lipinski definition) is 2. The van der Waals surface area contributed by atoms with Crippen molar-refractivity contribution in [3.8, 4) is 0 Å². The van der Waals surface area contributed by atoms with Gasteiger partial charge in [0, 0.05) is 6.54 Å². The molecular weight excluding hydrogens is 209 g/mol. The van der Waals surface area contributed by atoms with E-state index < -0.39 is 18.6 Å². The van der Waals surface area contributed by atoms with Crippen molar-refractivity contribution in [3.05, 3.63) is 0 Å². The van der Waals surface area contributed by atoms with Gasteiger partial charge in [-0.15, -0.1) is 0 Å². The van der Waals surface area contributed by atoms with Crippen LogP contribution >= 0.6 is 0 Å². The molecule has 3 nitrogen and oxygen atoms in total. The number of alkyl halides is 3. The van der Waals surface area contributed by atoms with Crippen LogP contribution in [0.5, 0.6) is 0 Å². The first-order chi connectivity index (χ1) is 6.60. The number of halogens is 3. The standard InChI is InChI=1S/C9H17F3N2O/c1-8(2,3)5-14-7(15)4-13-6-9(10,11)12/h13H,4-6H2,1-3H3,(H,14,15). The zero-order valence-corrected chi connectivity index (χ0v) is 9.16. The van der Waals surface area contributed by atoms with Gasteiger partial charge in [-0.2, -0.15) is 13.2 Å². The molecule has 0 bridgehead atoms. The highest BCUT2D eigenvalue weighted by Gasteiger charge is 2.26. The van der Waals surface area contributed by atoms with Crippen LogP contribution in [0.3, 0.4) is 0 Å². The lowest BCUT2D eigenvalue weighted by Crippen LogP contribution is -2.40. The first-order valence-electron chi connectivity index (χ1n) is 4.64. The Morgan fingerprint density at radius 1 is 1.13 bits per heavy atom. The fourth-order valence-electron chi connectivity index (χ4n) is 0.744. The summed E-state index contributed by atoms with van der Waals surface area (Å²) >= 11 is 0. The average molecular weight is 226 g/mol. The number of hydrogen-bond donors (Lipinski definition) is 2. The van der Waals surface area contributed by atoms with E-state index in [1.807, 2.05) is 26.1 Å². The largest absolute Gasteiger partial charge is 0.401 e. The highest BCUT2D eigenvalue weighted by molar-refractivity contribution is 5.77. The third kappa shape index (κ3) is 11.1. The van der Waals surface area contributed by atoms with Gasteiger partial charge in [-0.3, -0.25) is 4.79 Å². The molecule has 1 amide bonds. The zero-order chi connectivity index (χ0) is 12.1. The van der Waals surface area contributed by atoms with Crippen molar-refractivity contribution in [3.63, 3.8) is 0 Å². The summed E-state index contributed by atoms with van der Waals surface area (Å²) in [4.78, 5) is 11.0. The first-order valence-corrected chi connectivity index (χ1v) is 4.64. The van der Waals surface area contributed by atoms with Crippen LogP contribution in [-0.4, -0.2) is 31.7 Å². The molecule has 0 unspecified atom stereocenters. The molecule has 0 aromatic rings. The van der Waals surface area contributed by atoms with Gasteiger partial charge in [0.2, 0.25) is 5.91 Å². The molecule has 90 valence electrons. The maximum atomic E-state index is 11.7. The summed E-state index contributed by atoms with van der Waals surface area (Å²) in [7, 11) is 0. The van der Waals surface area contributed by atoms with E-state index in [1.54, 1.807) is 0 Å². The van der Waals surface area contributed by atoms with Gasteiger partial charge in [-0.25, -0.2) is 0 Å². The van der Waals surface area contributed by atoms with Crippen molar-refractivity contribution < 1.29 is 18.0 Å². The molecule has 6 heteroatoms. The van der Waals surface area contributed by atoms with E-state index in [2.05, 4.69) is 5.32 Å². The number of carbonyl (C=O) groups is 1.